The van der Waals surface area contributed by atoms with Gasteiger partial charge in [-0.15, -0.1) is 0 Å². The fourth-order valence-corrected chi connectivity index (χ4v) is 18.2. The molecule has 3 aliphatic heterocycles. The Bertz CT molecular complexity index is 3250. The van der Waals surface area contributed by atoms with E-state index in [0.29, 0.717) is 0 Å². The van der Waals surface area contributed by atoms with Crippen LogP contribution < -0.4 is 25.6 Å². The van der Waals surface area contributed by atoms with Crippen LogP contribution in [0.15, 0.2) is 188 Å². The molecule has 1 nitrogen and oxygen atoms in total. The lowest BCUT2D eigenvalue weighted by molar-refractivity contribution is 0.558. The van der Waals surface area contributed by atoms with Crippen molar-refractivity contribution in [3.8, 4) is 22.3 Å². The lowest BCUT2D eigenvalue weighted by Gasteiger charge is -2.52. The average Bonchev–Trinajstić information content (AvgIpc) is 3.73. The van der Waals surface area contributed by atoms with Gasteiger partial charge in [-0.25, -0.2) is 0 Å². The maximum atomic E-state index is 2.61. The Morgan fingerprint density at radius 3 is 1.47 bits per heavy atom. The largest absolute Gasteiger partial charge is 0.310 e. The van der Waals surface area contributed by atoms with Gasteiger partial charge in [0, 0.05) is 11.1 Å². The van der Waals surface area contributed by atoms with Gasteiger partial charge in [-0.2, -0.15) is 0 Å². The smallest absolute Gasteiger partial charge is 0.182 e. The molecule has 0 amide bonds. The lowest BCUT2D eigenvalue weighted by Crippen LogP contribution is -2.70. The molecule has 0 radical (unpaired) electrons. The second-order valence-electron chi connectivity index (χ2n) is 18.2. The first-order valence-electron chi connectivity index (χ1n) is 21.4. The van der Waals surface area contributed by atoms with Crippen molar-refractivity contribution in [1.29, 1.82) is 0 Å². The first kappa shape index (κ1) is 34.2. The fraction of sp³-hybridized carbons (Fsp3) is 0.103. The first-order chi connectivity index (χ1) is 29.3. The SMILES string of the molecule is Cc1ccc2c(c1)[Si]1(c3ccccc3-c3ccc(N4c5ccccc5C5(c6ccccc64)c4ccccc4C(C)(C)c4cc6ccccc6cc45)cc31)c1cc(C)ccc1-2. The average molecular weight is 782 g/mol. The Morgan fingerprint density at radius 1 is 0.367 bits per heavy atom. The maximum Gasteiger partial charge on any atom is 0.182 e. The van der Waals surface area contributed by atoms with Crippen molar-refractivity contribution in [3.63, 3.8) is 0 Å². The molecule has 0 unspecified atom stereocenters. The Balaban J connectivity index is 1.12. The number of aryl methyl sites for hydroxylation is 2. The zero-order chi connectivity index (χ0) is 40.1. The van der Waals surface area contributed by atoms with E-state index in [9.17, 15) is 0 Å². The van der Waals surface area contributed by atoms with E-state index < -0.39 is 13.5 Å². The monoisotopic (exact) mass is 781 g/mol. The third-order valence-corrected chi connectivity index (χ3v) is 19.7. The van der Waals surface area contributed by atoms with Crippen LogP contribution in [0.1, 0.15) is 58.4 Å². The molecule has 3 heterocycles. The number of nitrogens with zero attached hydrogens (tertiary/aromatic N) is 1. The van der Waals surface area contributed by atoms with Crippen LogP contribution in [-0.4, -0.2) is 8.07 Å². The highest BCUT2D eigenvalue weighted by atomic mass is 28.3. The maximum absolute atomic E-state index is 2.70. The van der Waals surface area contributed by atoms with Crippen molar-refractivity contribution >= 4 is 56.7 Å². The minimum absolute atomic E-state index is 0.194. The molecule has 0 aromatic heterocycles. The van der Waals surface area contributed by atoms with Gasteiger partial charge in [0.2, 0.25) is 0 Å². The number of hydrogen-bond donors (Lipinski definition) is 0. The van der Waals surface area contributed by atoms with Gasteiger partial charge in [-0.3, -0.25) is 0 Å². The van der Waals surface area contributed by atoms with Crippen LogP contribution in [0.5, 0.6) is 0 Å². The Morgan fingerprint density at radius 2 is 0.833 bits per heavy atom. The zero-order valence-corrected chi connectivity index (χ0v) is 35.3. The molecule has 13 rings (SSSR count). The number of hydrogen-bond acceptors (Lipinski definition) is 1. The number of benzene rings is 9. The van der Waals surface area contributed by atoms with E-state index >= 15 is 0 Å². The van der Waals surface area contributed by atoms with E-state index in [1.807, 2.05) is 0 Å². The molecule has 0 atom stereocenters. The number of anilines is 3. The third-order valence-electron chi connectivity index (χ3n) is 14.8. The number of para-hydroxylation sites is 2. The molecule has 2 spiro atoms. The summed E-state index contributed by atoms with van der Waals surface area (Å²) in [5, 5.41) is 8.62. The molecule has 9 aromatic carbocycles. The predicted octanol–water partition coefficient (Wildman–Crippen LogP) is 11.6. The standard InChI is InChI=1S/C58H43NSi/c1-36-25-28-42-43-29-26-37(2)32-55(43)60(54(42)31-36)53-24-14-7-17-41(53)44-30-27-40(35-56(44)60)59-51-22-12-10-20-47(51)58(48-21-11-13-23-52(48)59)46-19-9-8-18-45(46)57(3,4)49-33-38-15-5-6-16-39(38)34-50(49)58/h5-35H,1-4H3. The van der Waals surface area contributed by atoms with Crippen LogP contribution in [0.25, 0.3) is 33.0 Å². The van der Waals surface area contributed by atoms with Crippen LogP contribution in [0.3, 0.4) is 0 Å². The molecule has 0 fully saturated rings. The molecular weight excluding hydrogens is 739 g/mol. The molecule has 60 heavy (non-hydrogen) atoms. The van der Waals surface area contributed by atoms with Gasteiger partial charge in [0.15, 0.2) is 8.07 Å². The highest BCUT2D eigenvalue weighted by Crippen LogP contribution is 2.63. The molecule has 4 aliphatic rings. The van der Waals surface area contributed by atoms with E-state index in [1.165, 1.54) is 115 Å². The van der Waals surface area contributed by atoms with E-state index in [4.69, 9.17) is 0 Å². The van der Waals surface area contributed by atoms with E-state index in [1.54, 1.807) is 0 Å². The van der Waals surface area contributed by atoms with Crippen molar-refractivity contribution in [2.45, 2.75) is 38.5 Å². The number of rotatable bonds is 1. The molecule has 0 N–H and O–H groups in total. The predicted molar refractivity (Wildman–Crippen MR) is 254 cm³/mol. The highest BCUT2D eigenvalue weighted by molar-refractivity contribution is 7.24. The lowest BCUT2D eigenvalue weighted by atomic mass is 9.53. The zero-order valence-electron chi connectivity index (χ0n) is 34.3. The Labute approximate surface area is 353 Å². The molecule has 9 aromatic rings. The minimum atomic E-state index is -2.70. The summed E-state index contributed by atoms with van der Waals surface area (Å²) in [5.74, 6) is 0. The first-order valence-corrected chi connectivity index (χ1v) is 23.4. The van der Waals surface area contributed by atoms with Crippen molar-refractivity contribution in [2.24, 2.45) is 0 Å². The van der Waals surface area contributed by atoms with Gasteiger partial charge in [0.25, 0.3) is 0 Å². The van der Waals surface area contributed by atoms with E-state index in [2.05, 4.69) is 221 Å². The summed E-state index contributed by atoms with van der Waals surface area (Å²) in [6.45, 7) is 9.36. The minimum Gasteiger partial charge on any atom is -0.310 e. The normalized spacial score (nSPS) is 16.0. The highest BCUT2D eigenvalue weighted by Gasteiger charge is 2.56. The quantitative estimate of drug-likeness (QED) is 0.150. The summed E-state index contributed by atoms with van der Waals surface area (Å²) < 4.78 is 0. The van der Waals surface area contributed by atoms with Crippen molar-refractivity contribution in [3.05, 3.63) is 233 Å². The van der Waals surface area contributed by atoms with Crippen molar-refractivity contribution in [1.82, 2.24) is 0 Å². The van der Waals surface area contributed by atoms with Crippen molar-refractivity contribution < 1.29 is 0 Å². The van der Waals surface area contributed by atoms with Gasteiger partial charge < -0.3 is 4.90 Å². The van der Waals surface area contributed by atoms with Crippen LogP contribution in [0.2, 0.25) is 0 Å². The fourth-order valence-electron chi connectivity index (χ4n) is 12.4. The van der Waals surface area contributed by atoms with Gasteiger partial charge in [-0.1, -0.05) is 177 Å². The van der Waals surface area contributed by atoms with E-state index in [0.717, 1.165) is 0 Å². The third kappa shape index (κ3) is 4.03. The Kier molecular flexibility index (Phi) is 6.67. The van der Waals surface area contributed by atoms with Gasteiger partial charge in [0.05, 0.1) is 16.8 Å². The summed E-state index contributed by atoms with van der Waals surface area (Å²) in [4.78, 5) is 2.59. The summed E-state index contributed by atoms with van der Waals surface area (Å²) >= 11 is 0. The summed E-state index contributed by atoms with van der Waals surface area (Å²) in [6, 6.07) is 73.0. The topological polar surface area (TPSA) is 3.24 Å². The van der Waals surface area contributed by atoms with Crippen LogP contribution in [0, 0.1) is 13.8 Å². The van der Waals surface area contributed by atoms with Crippen molar-refractivity contribution in [2.75, 3.05) is 4.90 Å². The summed E-state index contributed by atoms with van der Waals surface area (Å²) in [5.41, 5.74) is 19.3. The van der Waals surface area contributed by atoms with Gasteiger partial charge in [-0.05, 0) is 137 Å². The van der Waals surface area contributed by atoms with E-state index in [-0.39, 0.29) is 5.41 Å². The van der Waals surface area contributed by atoms with Crippen LogP contribution in [-0.2, 0) is 10.8 Å². The molecule has 0 saturated heterocycles. The second-order valence-corrected chi connectivity index (χ2v) is 21.8. The molecule has 0 saturated carbocycles. The van der Waals surface area contributed by atoms with Crippen LogP contribution in [0.4, 0.5) is 17.1 Å². The van der Waals surface area contributed by atoms with Crippen LogP contribution >= 0.6 is 0 Å². The number of fused-ring (bicyclic) bond motifs is 19. The summed E-state index contributed by atoms with van der Waals surface area (Å²) in [7, 11) is -2.70. The second kappa shape index (κ2) is 11.7. The molecule has 0 bridgehead atoms. The Hall–Kier alpha value is -6.74. The molecule has 284 valence electrons. The summed E-state index contributed by atoms with van der Waals surface area (Å²) in [6.07, 6.45) is 0. The van der Waals surface area contributed by atoms with Gasteiger partial charge >= 0.3 is 0 Å². The molecular formula is C58H43NSi. The molecule has 2 heteroatoms. The molecule has 1 aliphatic carbocycles. The van der Waals surface area contributed by atoms with Gasteiger partial charge in [0.1, 0.15) is 0 Å².